The Hall–Kier alpha value is -2.00. The van der Waals surface area contributed by atoms with Crippen LogP contribution in [0.25, 0.3) is 0 Å². The number of benzene rings is 3. The van der Waals surface area contributed by atoms with Gasteiger partial charge in [-0.1, -0.05) is 72.3 Å². The van der Waals surface area contributed by atoms with Crippen LogP contribution in [0.2, 0.25) is 5.02 Å². The Morgan fingerprint density at radius 3 is 2.29 bits per heavy atom. The zero-order valence-corrected chi connectivity index (χ0v) is 17.7. The molecule has 0 aromatic heterocycles. The fourth-order valence-electron chi connectivity index (χ4n) is 2.95. The second kappa shape index (κ2) is 11.8. The molecular weight excluding hydrogens is 389 g/mol. The molecule has 0 amide bonds. The highest BCUT2D eigenvalue weighted by Crippen LogP contribution is 2.20. The number of nitrogens with one attached hydrogen (secondary N) is 1. The summed E-state index contributed by atoms with van der Waals surface area (Å²) < 4.78 is 6.04. The van der Waals surface area contributed by atoms with Gasteiger partial charge in [0.25, 0.3) is 0 Å². The van der Waals surface area contributed by atoms with Crippen LogP contribution in [0, 0.1) is 0 Å². The molecule has 0 fully saturated rings. The number of hydrogen-bond acceptors (Lipinski definition) is 2. The van der Waals surface area contributed by atoms with E-state index in [1.54, 1.807) is 0 Å². The molecule has 1 unspecified atom stereocenters. The maximum Gasteiger partial charge on any atom is 0.124 e. The first-order valence-corrected chi connectivity index (χ1v) is 9.81. The van der Waals surface area contributed by atoms with Crippen molar-refractivity contribution in [1.82, 2.24) is 5.32 Å². The Labute approximate surface area is 179 Å². The normalized spacial score (nSPS) is 11.5. The van der Waals surface area contributed by atoms with E-state index in [4.69, 9.17) is 16.3 Å². The van der Waals surface area contributed by atoms with Gasteiger partial charge < -0.3 is 10.1 Å². The average molecular weight is 416 g/mol. The summed E-state index contributed by atoms with van der Waals surface area (Å²) in [6.07, 6.45) is 2.20. The van der Waals surface area contributed by atoms with Gasteiger partial charge in [-0.2, -0.15) is 0 Å². The Balaban J connectivity index is 0.00000280. The first-order chi connectivity index (χ1) is 13.2. The van der Waals surface area contributed by atoms with E-state index in [1.807, 2.05) is 36.4 Å². The summed E-state index contributed by atoms with van der Waals surface area (Å²) in [7, 11) is 0. The minimum absolute atomic E-state index is 0. The van der Waals surface area contributed by atoms with Crippen molar-refractivity contribution in [2.24, 2.45) is 0 Å². The molecule has 2 nitrogen and oxygen atoms in total. The Morgan fingerprint density at radius 1 is 0.857 bits per heavy atom. The van der Waals surface area contributed by atoms with E-state index < -0.39 is 0 Å². The molecule has 0 saturated carbocycles. The summed E-state index contributed by atoms with van der Waals surface area (Å²) >= 11 is 5.94. The van der Waals surface area contributed by atoms with E-state index in [0.29, 0.717) is 12.6 Å². The summed E-state index contributed by atoms with van der Waals surface area (Å²) in [6.45, 7) is 3.57. The molecule has 3 aromatic rings. The third kappa shape index (κ3) is 7.20. The molecular formula is C24H27Cl2NO. The third-order valence-corrected chi connectivity index (χ3v) is 4.88. The summed E-state index contributed by atoms with van der Waals surface area (Å²) in [4.78, 5) is 0. The molecule has 4 heteroatoms. The minimum Gasteiger partial charge on any atom is -0.489 e. The van der Waals surface area contributed by atoms with Crippen LogP contribution in [0.5, 0.6) is 5.75 Å². The second-order valence-corrected chi connectivity index (χ2v) is 7.27. The lowest BCUT2D eigenvalue weighted by molar-refractivity contribution is 0.301. The molecule has 0 saturated heterocycles. The third-order valence-electron chi connectivity index (χ3n) is 4.63. The molecule has 0 spiro atoms. The van der Waals surface area contributed by atoms with Crippen molar-refractivity contribution in [3.05, 3.63) is 101 Å². The van der Waals surface area contributed by atoms with Gasteiger partial charge in [-0.25, -0.2) is 0 Å². The Morgan fingerprint density at radius 2 is 1.54 bits per heavy atom. The lowest BCUT2D eigenvalue weighted by Crippen LogP contribution is -2.26. The lowest BCUT2D eigenvalue weighted by atomic mass is 10.1. The van der Waals surface area contributed by atoms with E-state index in [9.17, 15) is 0 Å². The molecule has 3 rings (SSSR count). The van der Waals surface area contributed by atoms with Crippen LogP contribution in [-0.4, -0.2) is 6.04 Å². The van der Waals surface area contributed by atoms with Gasteiger partial charge in [0.2, 0.25) is 0 Å². The first kappa shape index (κ1) is 22.3. The van der Waals surface area contributed by atoms with Gasteiger partial charge in [0.05, 0.1) is 0 Å². The number of ether oxygens (including phenoxy) is 1. The van der Waals surface area contributed by atoms with E-state index in [2.05, 4.69) is 54.7 Å². The van der Waals surface area contributed by atoms with E-state index >= 15 is 0 Å². The van der Waals surface area contributed by atoms with E-state index in [-0.39, 0.29) is 12.4 Å². The Bertz CT molecular complexity index is 822. The van der Waals surface area contributed by atoms with Crippen molar-refractivity contribution in [3.8, 4) is 5.75 Å². The monoisotopic (exact) mass is 415 g/mol. The van der Waals surface area contributed by atoms with Crippen LogP contribution in [0.15, 0.2) is 78.9 Å². The van der Waals surface area contributed by atoms with Crippen LogP contribution >= 0.6 is 24.0 Å². The van der Waals surface area contributed by atoms with Crippen molar-refractivity contribution in [3.63, 3.8) is 0 Å². The summed E-state index contributed by atoms with van der Waals surface area (Å²) in [5.41, 5.74) is 3.68. The number of aryl methyl sites for hydroxylation is 1. The van der Waals surface area contributed by atoms with Gasteiger partial charge >= 0.3 is 0 Å². The molecule has 1 N–H and O–H groups in total. The predicted octanol–water partition coefficient (Wildman–Crippen LogP) is 6.45. The number of halogens is 2. The maximum atomic E-state index is 6.04. The van der Waals surface area contributed by atoms with Crippen LogP contribution < -0.4 is 10.1 Å². The molecule has 0 aliphatic heterocycles. The lowest BCUT2D eigenvalue weighted by Gasteiger charge is -2.16. The fraction of sp³-hybridized carbons (Fsp3) is 0.250. The van der Waals surface area contributed by atoms with Gasteiger partial charge in [-0.05, 0) is 49.1 Å². The molecule has 0 aliphatic carbocycles. The van der Waals surface area contributed by atoms with E-state index in [1.165, 1.54) is 11.1 Å². The maximum absolute atomic E-state index is 6.04. The summed E-state index contributed by atoms with van der Waals surface area (Å²) in [5, 5.41) is 4.36. The van der Waals surface area contributed by atoms with Crippen LogP contribution in [0.1, 0.15) is 30.0 Å². The molecule has 148 valence electrons. The molecule has 0 heterocycles. The summed E-state index contributed by atoms with van der Waals surface area (Å²) in [6, 6.07) is 27.1. The van der Waals surface area contributed by atoms with Crippen LogP contribution in [-0.2, 0) is 19.6 Å². The zero-order chi connectivity index (χ0) is 18.9. The standard InChI is InChI=1S/C24H26ClNO.ClH/c1-19(11-12-20-7-3-2-4-8-20)26-17-22-9-5-6-10-24(22)27-18-21-13-15-23(25)16-14-21;/h2-10,13-16,19,26H,11-12,17-18H2,1H3;1H. The highest BCUT2D eigenvalue weighted by molar-refractivity contribution is 6.30. The van der Waals surface area contributed by atoms with Gasteiger partial charge in [0.15, 0.2) is 0 Å². The van der Waals surface area contributed by atoms with Gasteiger partial charge in [-0.3, -0.25) is 0 Å². The van der Waals surface area contributed by atoms with Gasteiger partial charge in [0, 0.05) is 23.2 Å². The van der Waals surface area contributed by atoms with Crippen molar-refractivity contribution < 1.29 is 4.74 Å². The Kier molecular flexibility index (Phi) is 9.36. The van der Waals surface area contributed by atoms with Crippen LogP contribution in [0.4, 0.5) is 0 Å². The quantitative estimate of drug-likeness (QED) is 0.433. The number of rotatable bonds is 9. The van der Waals surface area contributed by atoms with E-state index in [0.717, 1.165) is 35.7 Å². The number of para-hydroxylation sites is 1. The molecule has 1 atom stereocenters. The van der Waals surface area contributed by atoms with Crippen molar-refractivity contribution in [2.75, 3.05) is 0 Å². The minimum atomic E-state index is 0. The topological polar surface area (TPSA) is 21.3 Å². The van der Waals surface area contributed by atoms with Gasteiger partial charge in [-0.15, -0.1) is 12.4 Å². The SMILES string of the molecule is CC(CCc1ccccc1)NCc1ccccc1OCc1ccc(Cl)cc1.Cl. The average Bonchev–Trinajstić information content (AvgIpc) is 2.71. The predicted molar refractivity (Wildman–Crippen MR) is 121 cm³/mol. The van der Waals surface area contributed by atoms with Crippen LogP contribution in [0.3, 0.4) is 0 Å². The largest absolute Gasteiger partial charge is 0.489 e. The van der Waals surface area contributed by atoms with Gasteiger partial charge in [0.1, 0.15) is 12.4 Å². The molecule has 0 aliphatic rings. The smallest absolute Gasteiger partial charge is 0.124 e. The molecule has 3 aromatic carbocycles. The highest BCUT2D eigenvalue weighted by atomic mass is 35.5. The second-order valence-electron chi connectivity index (χ2n) is 6.83. The molecule has 28 heavy (non-hydrogen) atoms. The number of hydrogen-bond donors (Lipinski definition) is 1. The van der Waals surface area contributed by atoms with Crippen molar-refractivity contribution in [1.29, 1.82) is 0 Å². The molecule has 0 bridgehead atoms. The highest BCUT2D eigenvalue weighted by Gasteiger charge is 2.07. The molecule has 0 radical (unpaired) electrons. The van der Waals surface area contributed by atoms with Crippen molar-refractivity contribution in [2.45, 2.75) is 39.0 Å². The zero-order valence-electron chi connectivity index (χ0n) is 16.1. The first-order valence-electron chi connectivity index (χ1n) is 9.43. The summed E-state index contributed by atoms with van der Waals surface area (Å²) in [5.74, 6) is 0.926. The fourth-order valence-corrected chi connectivity index (χ4v) is 3.07. The van der Waals surface area contributed by atoms with Crippen molar-refractivity contribution >= 4 is 24.0 Å².